The number of anilines is 2. The van der Waals surface area contributed by atoms with Gasteiger partial charge in [0.1, 0.15) is 0 Å². The van der Waals surface area contributed by atoms with Crippen LogP contribution < -0.4 is 10.6 Å². The van der Waals surface area contributed by atoms with Gasteiger partial charge in [-0.05, 0) is 24.6 Å². The van der Waals surface area contributed by atoms with E-state index in [2.05, 4.69) is 20.9 Å². The lowest BCUT2D eigenvalue weighted by atomic mass is 10.1. The zero-order valence-electron chi connectivity index (χ0n) is 11.1. The molecule has 104 valence electrons. The van der Waals surface area contributed by atoms with E-state index in [1.54, 1.807) is 18.2 Å². The van der Waals surface area contributed by atoms with E-state index < -0.39 is 11.9 Å². The summed E-state index contributed by atoms with van der Waals surface area (Å²) in [6, 6.07) is 3.94. The Hall–Kier alpha value is -2.57. The van der Waals surface area contributed by atoms with Gasteiger partial charge >= 0.3 is 0 Å². The summed E-state index contributed by atoms with van der Waals surface area (Å²) in [5, 5.41) is 12.3. The van der Waals surface area contributed by atoms with Crippen molar-refractivity contribution in [3.8, 4) is 0 Å². The number of Topliss-reactive ketones (excluding diaryl/α,β-unsaturated/α-hetero) is 1. The van der Waals surface area contributed by atoms with Crippen LogP contribution >= 0.6 is 0 Å². The maximum absolute atomic E-state index is 11.9. The first-order chi connectivity index (χ1) is 9.51. The molecule has 1 aliphatic rings. The minimum Gasteiger partial charge on any atom is -0.325 e. The van der Waals surface area contributed by atoms with Crippen molar-refractivity contribution < 1.29 is 14.4 Å². The summed E-state index contributed by atoms with van der Waals surface area (Å²) in [4.78, 5) is 34.5. The van der Waals surface area contributed by atoms with Gasteiger partial charge in [-0.15, -0.1) is 0 Å². The van der Waals surface area contributed by atoms with Crippen LogP contribution in [0.4, 0.5) is 11.4 Å². The Morgan fingerprint density at radius 1 is 1.40 bits per heavy atom. The van der Waals surface area contributed by atoms with Crippen molar-refractivity contribution in [2.24, 2.45) is 10.2 Å². The van der Waals surface area contributed by atoms with Gasteiger partial charge in [-0.25, -0.2) is 0 Å². The fourth-order valence-electron chi connectivity index (χ4n) is 1.94. The minimum atomic E-state index is -1.15. The zero-order valence-corrected chi connectivity index (χ0v) is 11.1. The molecule has 2 N–H and O–H groups in total. The molecular weight excluding hydrogens is 260 g/mol. The summed E-state index contributed by atoms with van der Waals surface area (Å²) in [5.41, 5.74) is 2.04. The SMILES string of the molecule is CN=NC(C(C)=O)C(=O)Nc1ccc2c(c1)NC(=O)C2. The highest BCUT2D eigenvalue weighted by Gasteiger charge is 2.24. The number of hydrogen-bond donors (Lipinski definition) is 2. The minimum absolute atomic E-state index is 0.0788. The van der Waals surface area contributed by atoms with E-state index in [1.807, 2.05) is 0 Å². The summed E-state index contributed by atoms with van der Waals surface area (Å²) in [6.07, 6.45) is 0.337. The molecule has 0 saturated heterocycles. The third kappa shape index (κ3) is 2.87. The van der Waals surface area contributed by atoms with Crippen molar-refractivity contribution in [1.29, 1.82) is 0 Å². The van der Waals surface area contributed by atoms with Gasteiger partial charge in [0, 0.05) is 18.4 Å². The molecule has 2 rings (SSSR count). The van der Waals surface area contributed by atoms with Gasteiger partial charge in [-0.1, -0.05) is 6.07 Å². The zero-order chi connectivity index (χ0) is 14.7. The molecule has 0 saturated carbocycles. The number of carbonyl (C=O) groups is 3. The van der Waals surface area contributed by atoms with Gasteiger partial charge in [-0.2, -0.15) is 10.2 Å². The molecule has 1 unspecified atom stereocenters. The highest BCUT2D eigenvalue weighted by Crippen LogP contribution is 2.26. The molecule has 0 spiro atoms. The summed E-state index contributed by atoms with van der Waals surface area (Å²) in [5.74, 6) is -1.01. The lowest BCUT2D eigenvalue weighted by molar-refractivity contribution is -0.126. The molecule has 7 nitrogen and oxygen atoms in total. The maximum atomic E-state index is 11.9. The summed E-state index contributed by atoms with van der Waals surface area (Å²) >= 11 is 0. The fraction of sp³-hybridized carbons (Fsp3) is 0.308. The van der Waals surface area contributed by atoms with Crippen molar-refractivity contribution in [3.05, 3.63) is 23.8 Å². The first kappa shape index (κ1) is 13.9. The van der Waals surface area contributed by atoms with Crippen LogP contribution in [-0.4, -0.2) is 30.7 Å². The predicted molar refractivity (Wildman–Crippen MR) is 72.7 cm³/mol. The van der Waals surface area contributed by atoms with Crippen LogP contribution in [0.1, 0.15) is 12.5 Å². The third-order valence-electron chi connectivity index (χ3n) is 2.87. The Morgan fingerprint density at radius 2 is 2.15 bits per heavy atom. The van der Waals surface area contributed by atoms with E-state index >= 15 is 0 Å². The van der Waals surface area contributed by atoms with Crippen LogP contribution in [0.5, 0.6) is 0 Å². The molecule has 0 aliphatic carbocycles. The molecule has 1 atom stereocenters. The Labute approximate surface area is 115 Å². The monoisotopic (exact) mass is 274 g/mol. The van der Waals surface area contributed by atoms with Gasteiger partial charge in [0.15, 0.2) is 5.78 Å². The number of ketones is 1. The van der Waals surface area contributed by atoms with Crippen molar-refractivity contribution in [1.82, 2.24) is 0 Å². The van der Waals surface area contributed by atoms with E-state index in [0.29, 0.717) is 17.8 Å². The lowest BCUT2D eigenvalue weighted by Crippen LogP contribution is -2.31. The van der Waals surface area contributed by atoms with Gasteiger partial charge in [0.05, 0.1) is 6.42 Å². The molecule has 0 aromatic heterocycles. The number of azo groups is 1. The van der Waals surface area contributed by atoms with E-state index in [1.165, 1.54) is 14.0 Å². The molecule has 0 radical (unpaired) electrons. The van der Waals surface area contributed by atoms with Crippen LogP contribution in [-0.2, 0) is 20.8 Å². The quantitative estimate of drug-likeness (QED) is 0.636. The molecule has 1 heterocycles. The van der Waals surface area contributed by atoms with Crippen molar-refractivity contribution in [2.45, 2.75) is 19.4 Å². The van der Waals surface area contributed by atoms with Crippen LogP contribution in [0.25, 0.3) is 0 Å². The molecule has 0 bridgehead atoms. The van der Waals surface area contributed by atoms with Crippen molar-refractivity contribution in [2.75, 3.05) is 17.7 Å². The largest absolute Gasteiger partial charge is 0.325 e. The van der Waals surface area contributed by atoms with Crippen LogP contribution in [0, 0.1) is 0 Å². The highest BCUT2D eigenvalue weighted by molar-refractivity contribution is 6.10. The summed E-state index contributed by atoms with van der Waals surface area (Å²) in [6.45, 7) is 1.28. The molecule has 20 heavy (non-hydrogen) atoms. The normalized spacial score (nSPS) is 14.8. The third-order valence-corrected chi connectivity index (χ3v) is 2.87. The topological polar surface area (TPSA) is 100.0 Å². The Kier molecular flexibility index (Phi) is 3.88. The maximum Gasteiger partial charge on any atom is 0.258 e. The first-order valence-corrected chi connectivity index (χ1v) is 6.04. The van der Waals surface area contributed by atoms with Crippen LogP contribution in [0.2, 0.25) is 0 Å². The van der Waals surface area contributed by atoms with E-state index in [0.717, 1.165) is 5.56 Å². The number of carbonyl (C=O) groups excluding carboxylic acids is 3. The number of rotatable bonds is 4. The smallest absolute Gasteiger partial charge is 0.258 e. The number of nitrogens with one attached hydrogen (secondary N) is 2. The fourth-order valence-corrected chi connectivity index (χ4v) is 1.94. The van der Waals surface area contributed by atoms with Gasteiger partial charge in [0.25, 0.3) is 5.91 Å². The van der Waals surface area contributed by atoms with Crippen LogP contribution in [0.3, 0.4) is 0 Å². The molecule has 1 aliphatic heterocycles. The first-order valence-electron chi connectivity index (χ1n) is 6.04. The Bertz CT molecular complexity index is 610. The van der Waals surface area contributed by atoms with E-state index in [4.69, 9.17) is 0 Å². The number of amides is 2. The second kappa shape index (κ2) is 5.60. The second-order valence-electron chi connectivity index (χ2n) is 4.41. The molecule has 0 fully saturated rings. The summed E-state index contributed by atoms with van der Waals surface area (Å²) in [7, 11) is 1.40. The number of nitrogens with zero attached hydrogens (tertiary/aromatic N) is 2. The van der Waals surface area contributed by atoms with Gasteiger partial charge < -0.3 is 10.6 Å². The molecule has 1 aromatic carbocycles. The predicted octanol–water partition coefficient (Wildman–Crippen LogP) is 1.16. The standard InChI is InChI=1S/C13H14N4O3/c1-7(18)12(17-14-2)13(20)15-9-4-3-8-5-11(19)16-10(8)6-9/h3-4,6,12H,5H2,1-2H3,(H,15,20)(H,16,19). The molecule has 7 heteroatoms. The van der Waals surface area contributed by atoms with Crippen LogP contribution in [0.15, 0.2) is 28.4 Å². The van der Waals surface area contributed by atoms with Crippen molar-refractivity contribution >= 4 is 29.0 Å². The summed E-state index contributed by atoms with van der Waals surface area (Å²) < 4.78 is 0. The van der Waals surface area contributed by atoms with Gasteiger partial charge in [-0.3, -0.25) is 14.4 Å². The Morgan fingerprint density at radius 3 is 2.80 bits per heavy atom. The molecule has 2 amide bonds. The molecular formula is C13H14N4O3. The average Bonchev–Trinajstić information content (AvgIpc) is 2.74. The average molecular weight is 274 g/mol. The molecule has 1 aromatic rings. The van der Waals surface area contributed by atoms with E-state index in [-0.39, 0.29) is 11.7 Å². The van der Waals surface area contributed by atoms with Crippen molar-refractivity contribution in [3.63, 3.8) is 0 Å². The Balaban J connectivity index is 2.14. The van der Waals surface area contributed by atoms with Gasteiger partial charge in [0.2, 0.25) is 11.9 Å². The second-order valence-corrected chi connectivity index (χ2v) is 4.41. The van der Waals surface area contributed by atoms with E-state index in [9.17, 15) is 14.4 Å². The lowest BCUT2D eigenvalue weighted by Gasteiger charge is -2.10. The number of benzene rings is 1. The highest BCUT2D eigenvalue weighted by atomic mass is 16.2. The number of fused-ring (bicyclic) bond motifs is 1. The number of hydrogen-bond acceptors (Lipinski definition) is 5.